The van der Waals surface area contributed by atoms with E-state index in [-0.39, 0.29) is 28.0 Å². The van der Waals surface area contributed by atoms with Gasteiger partial charge in [-0.2, -0.15) is 0 Å². The maximum atomic E-state index is 14.1. The summed E-state index contributed by atoms with van der Waals surface area (Å²) in [4.78, 5) is 22.3. The van der Waals surface area contributed by atoms with E-state index in [0.717, 1.165) is 6.42 Å². The van der Waals surface area contributed by atoms with Crippen LogP contribution in [-0.2, 0) is 9.84 Å². The van der Waals surface area contributed by atoms with E-state index in [9.17, 15) is 26.4 Å². The van der Waals surface area contributed by atoms with Crippen LogP contribution in [-0.4, -0.2) is 36.4 Å². The average molecular weight is 520 g/mol. The fourth-order valence-corrected chi connectivity index (χ4v) is 5.96. The Hall–Kier alpha value is -3.67. The van der Waals surface area contributed by atoms with E-state index in [1.807, 2.05) is 25.7 Å². The van der Waals surface area contributed by atoms with Crippen molar-refractivity contribution in [1.82, 2.24) is 9.97 Å². The number of pyridine rings is 2. The van der Waals surface area contributed by atoms with Crippen LogP contribution in [0.15, 0.2) is 52.5 Å². The number of sulfone groups is 1. The lowest BCUT2D eigenvalue weighted by molar-refractivity contribution is 0.0997. The standard InChI is InChI=1S/C24H24F3N5O3S/c1-13-11-24(2,3)32(12-13)23-21(22(28)33)18(7-8-29-23)36(34,35)20-6-4-5-19(31-20)30-17-10-15(26)14(25)9-16(17)27/h4-10,13H,11-12H2,1-3H3,(H2,28,33)(H,30,31). The first-order valence-electron chi connectivity index (χ1n) is 11.0. The molecule has 1 fully saturated rings. The van der Waals surface area contributed by atoms with Crippen LogP contribution >= 0.6 is 0 Å². The number of halogens is 3. The molecule has 0 radical (unpaired) electrons. The Morgan fingerprint density at radius 1 is 1.14 bits per heavy atom. The molecule has 0 aliphatic carbocycles. The minimum Gasteiger partial charge on any atom is -0.365 e. The number of rotatable bonds is 6. The summed E-state index contributed by atoms with van der Waals surface area (Å²) in [6, 6.07) is 5.96. The summed E-state index contributed by atoms with van der Waals surface area (Å²) in [5.74, 6) is -4.43. The number of nitrogens with one attached hydrogen (secondary N) is 1. The van der Waals surface area contributed by atoms with Gasteiger partial charge in [0.15, 0.2) is 16.7 Å². The quantitative estimate of drug-likeness (QED) is 0.469. The summed E-state index contributed by atoms with van der Waals surface area (Å²) in [5.41, 5.74) is 4.55. The number of hydrogen-bond acceptors (Lipinski definition) is 7. The van der Waals surface area contributed by atoms with Gasteiger partial charge in [-0.05, 0) is 44.4 Å². The third-order valence-electron chi connectivity index (χ3n) is 6.03. The summed E-state index contributed by atoms with van der Waals surface area (Å²) in [7, 11) is -4.40. The zero-order chi connectivity index (χ0) is 26.4. The number of benzene rings is 1. The predicted molar refractivity (Wildman–Crippen MR) is 127 cm³/mol. The highest BCUT2D eigenvalue weighted by atomic mass is 32.2. The van der Waals surface area contributed by atoms with Crippen LogP contribution in [0, 0.1) is 23.4 Å². The zero-order valence-electron chi connectivity index (χ0n) is 19.7. The molecule has 0 bridgehead atoms. The lowest BCUT2D eigenvalue weighted by Crippen LogP contribution is -2.40. The van der Waals surface area contributed by atoms with Crippen LogP contribution in [0.1, 0.15) is 37.6 Å². The highest BCUT2D eigenvalue weighted by Gasteiger charge is 2.40. The molecule has 1 unspecified atom stereocenters. The van der Waals surface area contributed by atoms with Crippen molar-refractivity contribution in [2.24, 2.45) is 11.7 Å². The molecular weight excluding hydrogens is 495 g/mol. The molecule has 0 spiro atoms. The third-order valence-corrected chi connectivity index (χ3v) is 7.73. The van der Waals surface area contributed by atoms with Gasteiger partial charge in [0.25, 0.3) is 5.91 Å². The van der Waals surface area contributed by atoms with Gasteiger partial charge < -0.3 is 16.0 Å². The molecule has 3 heterocycles. The number of primary amides is 1. The van der Waals surface area contributed by atoms with Crippen molar-refractivity contribution in [3.8, 4) is 0 Å². The van der Waals surface area contributed by atoms with Crippen LogP contribution in [0.2, 0.25) is 0 Å². The van der Waals surface area contributed by atoms with Crippen molar-refractivity contribution in [1.29, 1.82) is 0 Å². The molecule has 1 aliphatic rings. The van der Waals surface area contributed by atoms with Crippen LogP contribution in [0.3, 0.4) is 0 Å². The van der Waals surface area contributed by atoms with Crippen LogP contribution in [0.4, 0.5) is 30.5 Å². The summed E-state index contributed by atoms with van der Waals surface area (Å²) < 4.78 is 68.1. The molecule has 1 aliphatic heterocycles. The van der Waals surface area contributed by atoms with E-state index >= 15 is 0 Å². The van der Waals surface area contributed by atoms with Gasteiger partial charge in [-0.3, -0.25) is 4.79 Å². The molecule has 1 atom stereocenters. The van der Waals surface area contributed by atoms with Crippen molar-refractivity contribution < 1.29 is 26.4 Å². The molecule has 190 valence electrons. The lowest BCUT2D eigenvalue weighted by atomic mass is 9.97. The van der Waals surface area contributed by atoms with E-state index in [0.29, 0.717) is 18.7 Å². The summed E-state index contributed by atoms with van der Waals surface area (Å²) in [5, 5.41) is 1.98. The van der Waals surface area contributed by atoms with E-state index in [1.165, 1.54) is 30.5 Å². The van der Waals surface area contributed by atoms with Gasteiger partial charge in [-0.25, -0.2) is 31.6 Å². The monoisotopic (exact) mass is 519 g/mol. The number of anilines is 3. The molecule has 4 rings (SSSR count). The van der Waals surface area contributed by atoms with Crippen LogP contribution in [0.25, 0.3) is 0 Å². The van der Waals surface area contributed by atoms with E-state index in [2.05, 4.69) is 15.3 Å². The van der Waals surface area contributed by atoms with Gasteiger partial charge in [0.1, 0.15) is 23.0 Å². The maximum absolute atomic E-state index is 14.1. The Labute approximate surface area is 206 Å². The number of carbonyl (C=O) groups is 1. The van der Waals surface area contributed by atoms with E-state index in [4.69, 9.17) is 5.73 Å². The molecular formula is C24H24F3N5O3S. The second-order valence-corrected chi connectivity index (χ2v) is 11.2. The summed E-state index contributed by atoms with van der Waals surface area (Å²) >= 11 is 0. The van der Waals surface area contributed by atoms with Gasteiger partial charge in [0, 0.05) is 30.4 Å². The Kier molecular flexibility index (Phi) is 6.41. The van der Waals surface area contributed by atoms with Gasteiger partial charge >= 0.3 is 0 Å². The third kappa shape index (κ3) is 4.60. The highest BCUT2D eigenvalue weighted by Crippen LogP contribution is 2.39. The topological polar surface area (TPSA) is 118 Å². The molecule has 3 aromatic rings. The van der Waals surface area contributed by atoms with E-state index in [1.54, 1.807) is 0 Å². The normalized spacial score (nSPS) is 17.3. The molecule has 0 saturated carbocycles. The average Bonchev–Trinajstić information content (AvgIpc) is 3.08. The first kappa shape index (κ1) is 25.4. The van der Waals surface area contributed by atoms with Gasteiger partial charge in [-0.15, -0.1) is 0 Å². The number of aromatic nitrogens is 2. The Bertz CT molecular complexity index is 1460. The molecule has 8 nitrogen and oxygen atoms in total. The van der Waals surface area contributed by atoms with Gasteiger partial charge in [0.05, 0.1) is 10.6 Å². The Morgan fingerprint density at radius 3 is 2.47 bits per heavy atom. The van der Waals surface area contributed by atoms with Crippen LogP contribution in [0.5, 0.6) is 0 Å². The SMILES string of the molecule is CC1CN(c2nccc(S(=O)(=O)c3cccc(Nc4cc(F)c(F)cc4F)n3)c2C(N)=O)C(C)(C)C1. The molecule has 1 saturated heterocycles. The largest absolute Gasteiger partial charge is 0.365 e. The van der Waals surface area contributed by atoms with Crippen molar-refractivity contribution in [3.05, 3.63) is 65.6 Å². The number of amides is 1. The van der Waals surface area contributed by atoms with E-state index < -0.39 is 49.4 Å². The second kappa shape index (κ2) is 9.08. The first-order valence-corrected chi connectivity index (χ1v) is 12.5. The molecule has 12 heteroatoms. The molecule has 1 aromatic carbocycles. The molecule has 2 aromatic heterocycles. The van der Waals surface area contributed by atoms with Crippen molar-refractivity contribution in [2.45, 2.75) is 42.7 Å². The molecule has 36 heavy (non-hydrogen) atoms. The minimum absolute atomic E-state index is 0.148. The van der Waals surface area contributed by atoms with Crippen molar-refractivity contribution in [3.63, 3.8) is 0 Å². The summed E-state index contributed by atoms with van der Waals surface area (Å²) in [6.07, 6.45) is 2.09. The predicted octanol–water partition coefficient (Wildman–Crippen LogP) is 4.19. The lowest BCUT2D eigenvalue weighted by Gasteiger charge is -2.33. The fourth-order valence-electron chi connectivity index (χ4n) is 4.56. The minimum atomic E-state index is -4.40. The van der Waals surface area contributed by atoms with Crippen molar-refractivity contribution in [2.75, 3.05) is 16.8 Å². The molecule has 1 amide bonds. The highest BCUT2D eigenvalue weighted by molar-refractivity contribution is 7.91. The first-order chi connectivity index (χ1) is 16.8. The summed E-state index contributed by atoms with van der Waals surface area (Å²) in [6.45, 7) is 6.54. The number of nitrogens with zero attached hydrogens (tertiary/aromatic N) is 3. The molecule has 3 N–H and O–H groups in total. The van der Waals surface area contributed by atoms with Crippen LogP contribution < -0.4 is 16.0 Å². The Morgan fingerprint density at radius 2 is 1.83 bits per heavy atom. The van der Waals surface area contributed by atoms with Crippen molar-refractivity contribution >= 4 is 33.1 Å². The fraction of sp³-hybridized carbons (Fsp3) is 0.292. The number of carbonyl (C=O) groups excluding carboxylic acids is 1. The van der Waals surface area contributed by atoms with Gasteiger partial charge in [0.2, 0.25) is 9.84 Å². The van der Waals surface area contributed by atoms with Gasteiger partial charge in [-0.1, -0.05) is 13.0 Å². The Balaban J connectivity index is 1.78. The smallest absolute Gasteiger partial charge is 0.253 e. The second-order valence-electron chi connectivity index (χ2n) is 9.34. The zero-order valence-corrected chi connectivity index (χ0v) is 20.5. The number of hydrogen-bond donors (Lipinski definition) is 2. The maximum Gasteiger partial charge on any atom is 0.253 e. The number of nitrogens with two attached hydrogens (primary N) is 1.